The van der Waals surface area contributed by atoms with Crippen LogP contribution in [0.3, 0.4) is 0 Å². The van der Waals surface area contributed by atoms with Crippen LogP contribution in [0.15, 0.2) is 42.6 Å². The Morgan fingerprint density at radius 2 is 2.06 bits per heavy atom. The second-order valence-electron chi connectivity index (χ2n) is 7.69. The first-order valence-electron chi connectivity index (χ1n) is 10.5. The van der Waals surface area contributed by atoms with Gasteiger partial charge in [0.05, 0.1) is 6.42 Å². The number of hydrogen-bond acceptors (Lipinski definition) is 9. The van der Waals surface area contributed by atoms with Gasteiger partial charge in [0, 0.05) is 32.8 Å². The topological polar surface area (TPSA) is 90.3 Å². The van der Waals surface area contributed by atoms with Crippen molar-refractivity contribution in [2.75, 3.05) is 25.1 Å². The summed E-state index contributed by atoms with van der Waals surface area (Å²) in [5.41, 5.74) is 0.445. The number of benzene rings is 1. The molecule has 1 fully saturated rings. The van der Waals surface area contributed by atoms with E-state index in [1.807, 2.05) is 12.1 Å². The predicted octanol–water partition coefficient (Wildman–Crippen LogP) is 3.50. The number of nitrogens with zero attached hydrogens (tertiary/aromatic N) is 5. The molecule has 0 unspecified atom stereocenters. The van der Waals surface area contributed by atoms with E-state index in [0.29, 0.717) is 16.5 Å². The number of carbonyl (C=O) groups is 1. The van der Waals surface area contributed by atoms with Gasteiger partial charge in [-0.2, -0.15) is 13.9 Å². The van der Waals surface area contributed by atoms with Gasteiger partial charge < -0.3 is 14.4 Å². The van der Waals surface area contributed by atoms with E-state index in [4.69, 9.17) is 4.74 Å². The van der Waals surface area contributed by atoms with Gasteiger partial charge in [0.1, 0.15) is 21.9 Å². The molecule has 0 saturated carbocycles. The summed E-state index contributed by atoms with van der Waals surface area (Å²) >= 11 is 1.41. The van der Waals surface area contributed by atoms with Gasteiger partial charge in [0.25, 0.3) is 0 Å². The van der Waals surface area contributed by atoms with Gasteiger partial charge in [0.15, 0.2) is 11.6 Å². The molecule has 0 radical (unpaired) electrons. The summed E-state index contributed by atoms with van der Waals surface area (Å²) in [6, 6.07) is 9.79. The van der Waals surface area contributed by atoms with E-state index >= 15 is 0 Å². The summed E-state index contributed by atoms with van der Waals surface area (Å²) in [7, 11) is 1.40. The zero-order valence-corrected chi connectivity index (χ0v) is 18.8. The highest BCUT2D eigenvalue weighted by Crippen LogP contribution is 2.28. The number of anilines is 1. The van der Waals surface area contributed by atoms with Crippen LogP contribution >= 0.6 is 11.3 Å². The number of hydrogen-bond donors (Lipinski definition) is 0. The van der Waals surface area contributed by atoms with Crippen LogP contribution in [0.5, 0.6) is 5.75 Å². The molecule has 0 N–H and O–H groups in total. The maximum absolute atomic E-state index is 12.8. The van der Waals surface area contributed by atoms with E-state index in [2.05, 4.69) is 30.0 Å². The Balaban J connectivity index is 1.34. The molecule has 1 aromatic carbocycles. The number of aromatic nitrogens is 4. The molecule has 2 aromatic heterocycles. The van der Waals surface area contributed by atoms with Crippen molar-refractivity contribution in [3.63, 3.8) is 0 Å². The van der Waals surface area contributed by atoms with Crippen LogP contribution in [-0.4, -0.2) is 53.0 Å². The van der Waals surface area contributed by atoms with Gasteiger partial charge in [-0.25, -0.2) is 0 Å². The Morgan fingerprint density at radius 1 is 1.21 bits per heavy atom. The number of ether oxygens (including phenoxy) is 2. The van der Waals surface area contributed by atoms with Gasteiger partial charge in [-0.05, 0) is 42.2 Å². The van der Waals surface area contributed by atoms with Crippen molar-refractivity contribution >= 4 is 22.9 Å². The summed E-state index contributed by atoms with van der Waals surface area (Å²) in [6.45, 7) is -1.16. The first-order chi connectivity index (χ1) is 16.0. The lowest BCUT2D eigenvalue weighted by molar-refractivity contribution is -0.128. The van der Waals surface area contributed by atoms with E-state index in [1.165, 1.54) is 30.6 Å². The number of methoxy groups -OCH3 is 1. The standard InChI is InChI=1S/C22H23F2N5O3S/c1-31-21(15-4-2-5-16(11-15)32-22(23)24)17(30)12-20-28-27-19(33-20)10-14-7-9-29(13-14)18-6-3-8-25-26-18/h2-6,8,11,14,21-22H,7,9-10,12-13H2,1H3/t14-,21-/m0/s1. The highest BCUT2D eigenvalue weighted by molar-refractivity contribution is 7.11. The molecule has 1 saturated heterocycles. The highest BCUT2D eigenvalue weighted by atomic mass is 32.1. The fourth-order valence-electron chi connectivity index (χ4n) is 3.91. The van der Waals surface area contributed by atoms with E-state index in [-0.39, 0.29) is 18.0 Å². The fraction of sp³-hybridized carbons (Fsp3) is 0.409. The molecule has 8 nitrogen and oxygen atoms in total. The summed E-state index contributed by atoms with van der Waals surface area (Å²) in [5.74, 6) is 1.04. The molecule has 3 heterocycles. The smallest absolute Gasteiger partial charge is 0.387 e. The second kappa shape index (κ2) is 10.7. The van der Waals surface area contributed by atoms with Crippen molar-refractivity contribution in [3.8, 4) is 5.75 Å². The summed E-state index contributed by atoms with van der Waals surface area (Å²) in [6.07, 6.45) is 2.60. The minimum atomic E-state index is -2.94. The number of ketones is 1. The predicted molar refractivity (Wildman–Crippen MR) is 118 cm³/mol. The van der Waals surface area contributed by atoms with Gasteiger partial charge >= 0.3 is 6.61 Å². The Labute approximate surface area is 193 Å². The molecule has 0 bridgehead atoms. The van der Waals surface area contributed by atoms with E-state index < -0.39 is 12.7 Å². The van der Waals surface area contributed by atoms with Crippen molar-refractivity contribution in [3.05, 3.63) is 58.2 Å². The Hall–Kier alpha value is -3.05. The third-order valence-electron chi connectivity index (χ3n) is 5.38. The van der Waals surface area contributed by atoms with Crippen LogP contribution in [0.1, 0.15) is 28.1 Å². The van der Waals surface area contributed by atoms with Crippen molar-refractivity contribution in [2.24, 2.45) is 5.92 Å². The molecule has 0 aliphatic carbocycles. The minimum Gasteiger partial charge on any atom is -0.435 e. The van der Waals surface area contributed by atoms with Crippen LogP contribution in [-0.2, 0) is 22.4 Å². The van der Waals surface area contributed by atoms with Crippen molar-refractivity contribution in [2.45, 2.75) is 32.0 Å². The zero-order valence-electron chi connectivity index (χ0n) is 17.9. The average molecular weight is 476 g/mol. The molecule has 0 amide bonds. The molecule has 1 aliphatic heterocycles. The maximum Gasteiger partial charge on any atom is 0.387 e. The van der Waals surface area contributed by atoms with Gasteiger partial charge in [-0.1, -0.05) is 12.1 Å². The lowest BCUT2D eigenvalue weighted by Gasteiger charge is -2.16. The van der Waals surface area contributed by atoms with Crippen molar-refractivity contribution < 1.29 is 23.0 Å². The summed E-state index contributed by atoms with van der Waals surface area (Å²) < 4.78 is 34.8. The maximum atomic E-state index is 12.8. The third-order valence-corrected chi connectivity index (χ3v) is 6.33. The van der Waals surface area contributed by atoms with Crippen LogP contribution in [0.25, 0.3) is 0 Å². The molecule has 33 heavy (non-hydrogen) atoms. The monoisotopic (exact) mass is 475 g/mol. The number of alkyl halides is 2. The van der Waals surface area contributed by atoms with E-state index in [0.717, 1.165) is 36.8 Å². The molecule has 0 spiro atoms. The van der Waals surface area contributed by atoms with E-state index in [1.54, 1.807) is 18.3 Å². The Morgan fingerprint density at radius 3 is 2.82 bits per heavy atom. The van der Waals surface area contributed by atoms with Gasteiger partial charge in [-0.3, -0.25) is 4.79 Å². The van der Waals surface area contributed by atoms with Crippen LogP contribution in [0.2, 0.25) is 0 Å². The molecule has 3 aromatic rings. The van der Waals surface area contributed by atoms with Crippen LogP contribution < -0.4 is 9.64 Å². The molecule has 174 valence electrons. The second-order valence-corrected chi connectivity index (χ2v) is 8.83. The molecule has 2 atom stereocenters. The summed E-state index contributed by atoms with van der Waals surface area (Å²) in [4.78, 5) is 15.0. The van der Waals surface area contributed by atoms with Gasteiger partial charge in [-0.15, -0.1) is 26.6 Å². The number of Topliss-reactive ketones (excluding diaryl/α,β-unsaturated/α-hetero) is 1. The first kappa shape index (κ1) is 23.1. The third kappa shape index (κ3) is 6.05. The first-order valence-corrected chi connectivity index (χ1v) is 11.3. The summed E-state index contributed by atoms with van der Waals surface area (Å²) in [5, 5.41) is 18.0. The highest BCUT2D eigenvalue weighted by Gasteiger charge is 2.26. The lowest BCUT2D eigenvalue weighted by Crippen LogP contribution is -2.21. The van der Waals surface area contributed by atoms with Gasteiger partial charge in [0.2, 0.25) is 0 Å². The molecule has 4 rings (SSSR count). The van der Waals surface area contributed by atoms with Crippen LogP contribution in [0.4, 0.5) is 14.6 Å². The SMILES string of the molecule is CO[C@H](C(=O)Cc1nnc(C[C@@H]2CCN(c3cccnn3)C2)s1)c1cccc(OC(F)F)c1. The molecular formula is C22H23F2N5O3S. The number of carbonyl (C=O) groups excluding carboxylic acids is 1. The normalized spacial score (nSPS) is 16.8. The van der Waals surface area contributed by atoms with E-state index in [9.17, 15) is 13.6 Å². The quantitative estimate of drug-likeness (QED) is 0.440. The molecule has 11 heteroatoms. The van der Waals surface area contributed by atoms with Crippen LogP contribution in [0, 0.1) is 5.92 Å². The number of rotatable bonds is 10. The average Bonchev–Trinajstić information content (AvgIpc) is 3.44. The number of halogens is 2. The molecule has 1 aliphatic rings. The molecular weight excluding hydrogens is 452 g/mol. The van der Waals surface area contributed by atoms with Crippen molar-refractivity contribution in [1.82, 2.24) is 20.4 Å². The zero-order chi connectivity index (χ0) is 23.2. The van der Waals surface area contributed by atoms with Crippen molar-refractivity contribution in [1.29, 1.82) is 0 Å². The Kier molecular flexibility index (Phi) is 7.50. The Bertz CT molecular complexity index is 1070. The fourth-order valence-corrected chi connectivity index (χ4v) is 4.88. The lowest BCUT2D eigenvalue weighted by atomic mass is 10.0. The largest absolute Gasteiger partial charge is 0.435 e. The minimum absolute atomic E-state index is 0.0253.